The summed E-state index contributed by atoms with van der Waals surface area (Å²) in [5.41, 5.74) is -3.68. The van der Waals surface area contributed by atoms with Gasteiger partial charge in [-0.05, 0) is 83.1 Å². The smallest absolute Gasteiger partial charge is 0.311 e. The summed E-state index contributed by atoms with van der Waals surface area (Å²) in [5, 5.41) is 10.8. The van der Waals surface area contributed by atoms with Crippen LogP contribution in [0.15, 0.2) is 0 Å². The van der Waals surface area contributed by atoms with Crippen LogP contribution in [0.25, 0.3) is 0 Å². The van der Waals surface area contributed by atoms with Gasteiger partial charge in [0.25, 0.3) is 0 Å². The highest BCUT2D eigenvalue weighted by Gasteiger charge is 2.54. The first kappa shape index (κ1) is 31.8. The Bertz CT molecular complexity index is 820. The van der Waals surface area contributed by atoms with Crippen LogP contribution in [0.4, 0.5) is 0 Å². The number of carbonyl (C=O) groups excluding carboxylic acids is 4. The first-order valence-electron chi connectivity index (χ1n) is 12.1. The first-order chi connectivity index (χ1) is 16.0. The number of esters is 4. The van der Waals surface area contributed by atoms with E-state index in [1.807, 2.05) is 0 Å². The van der Waals surface area contributed by atoms with Crippen LogP contribution in [-0.4, -0.2) is 66.3 Å². The standard InChI is InChI=1S/C26H44O10/c1-23(2,3)19(28)32-13-14-15(34-20(29)24(4,5)6)16(35-21(30)25(7,8)9)17(18(27)33-14)36-22(31)26(10,11)12/h14-18,27H,13H2,1-12H3/t14-,15+,16+,17-,18-/m1/s1. The van der Waals surface area contributed by atoms with Crippen molar-refractivity contribution in [2.24, 2.45) is 21.7 Å². The van der Waals surface area contributed by atoms with E-state index in [2.05, 4.69) is 0 Å². The molecule has 0 unspecified atom stereocenters. The number of carbonyl (C=O) groups is 4. The van der Waals surface area contributed by atoms with Gasteiger partial charge in [-0.1, -0.05) is 0 Å². The van der Waals surface area contributed by atoms with Crippen LogP contribution in [0.3, 0.4) is 0 Å². The summed E-state index contributed by atoms with van der Waals surface area (Å²) in [7, 11) is 0. The molecule has 10 heteroatoms. The molecule has 208 valence electrons. The molecule has 0 aromatic carbocycles. The fourth-order valence-corrected chi connectivity index (χ4v) is 2.71. The highest BCUT2D eigenvalue weighted by Crippen LogP contribution is 2.33. The van der Waals surface area contributed by atoms with Crippen LogP contribution in [0.1, 0.15) is 83.1 Å². The number of hydrogen-bond donors (Lipinski definition) is 1. The zero-order valence-electron chi connectivity index (χ0n) is 23.7. The topological polar surface area (TPSA) is 135 Å². The summed E-state index contributed by atoms with van der Waals surface area (Å²) >= 11 is 0. The van der Waals surface area contributed by atoms with Crippen molar-refractivity contribution in [1.29, 1.82) is 0 Å². The van der Waals surface area contributed by atoms with Crippen molar-refractivity contribution in [3.8, 4) is 0 Å². The summed E-state index contributed by atoms with van der Waals surface area (Å²) in [5.74, 6) is -2.57. The van der Waals surface area contributed by atoms with Gasteiger partial charge in [0.15, 0.2) is 24.6 Å². The molecule has 1 saturated heterocycles. The lowest BCUT2D eigenvalue weighted by molar-refractivity contribution is -0.300. The van der Waals surface area contributed by atoms with Crippen molar-refractivity contribution < 1.29 is 48.0 Å². The van der Waals surface area contributed by atoms with Gasteiger partial charge in [-0.15, -0.1) is 0 Å². The molecular formula is C26H44O10. The second kappa shape index (κ2) is 11.0. The second-order valence-electron chi connectivity index (χ2n) is 13.3. The molecule has 0 aliphatic carbocycles. The molecule has 0 bridgehead atoms. The zero-order chi connectivity index (χ0) is 28.4. The van der Waals surface area contributed by atoms with Crippen LogP contribution in [0, 0.1) is 21.7 Å². The van der Waals surface area contributed by atoms with E-state index in [4.69, 9.17) is 23.7 Å². The van der Waals surface area contributed by atoms with Gasteiger partial charge < -0.3 is 28.8 Å². The maximum Gasteiger partial charge on any atom is 0.311 e. The van der Waals surface area contributed by atoms with E-state index in [9.17, 15) is 24.3 Å². The van der Waals surface area contributed by atoms with E-state index in [0.29, 0.717) is 0 Å². The van der Waals surface area contributed by atoms with E-state index in [1.54, 1.807) is 83.1 Å². The Morgan fingerprint density at radius 1 is 0.583 bits per heavy atom. The van der Waals surface area contributed by atoms with Gasteiger partial charge in [-0.2, -0.15) is 0 Å². The minimum Gasteiger partial charge on any atom is -0.462 e. The van der Waals surface area contributed by atoms with Crippen LogP contribution in [0.2, 0.25) is 0 Å². The molecule has 36 heavy (non-hydrogen) atoms. The normalized spacial score (nSPS) is 25.5. The largest absolute Gasteiger partial charge is 0.462 e. The fourth-order valence-electron chi connectivity index (χ4n) is 2.71. The SMILES string of the molecule is CC(C)(C)C(=O)OC[C@H]1O[C@@H](O)[C@H](OC(=O)C(C)(C)C)[C@@H](OC(=O)C(C)(C)C)[C@H]1OC(=O)C(C)(C)C. The molecule has 1 N–H and O–H groups in total. The van der Waals surface area contributed by atoms with E-state index in [0.717, 1.165) is 0 Å². The summed E-state index contributed by atoms with van der Waals surface area (Å²) < 4.78 is 28.0. The van der Waals surface area contributed by atoms with Gasteiger partial charge in [0.05, 0.1) is 21.7 Å². The third kappa shape index (κ3) is 8.73. The van der Waals surface area contributed by atoms with Crippen molar-refractivity contribution in [2.45, 2.75) is 114 Å². The van der Waals surface area contributed by atoms with Crippen LogP contribution in [0.5, 0.6) is 0 Å². The molecular weight excluding hydrogens is 472 g/mol. The maximum atomic E-state index is 12.9. The van der Waals surface area contributed by atoms with Crippen molar-refractivity contribution in [1.82, 2.24) is 0 Å². The summed E-state index contributed by atoms with van der Waals surface area (Å²) in [4.78, 5) is 50.8. The minimum atomic E-state index is -1.75. The lowest BCUT2D eigenvalue weighted by Crippen LogP contribution is -2.63. The summed E-state index contributed by atoms with van der Waals surface area (Å²) in [6, 6.07) is 0. The Hall–Kier alpha value is -2.20. The number of aliphatic hydroxyl groups excluding tert-OH is 1. The first-order valence-corrected chi connectivity index (χ1v) is 12.1. The fraction of sp³-hybridized carbons (Fsp3) is 0.846. The molecule has 0 aromatic heterocycles. The lowest BCUT2D eigenvalue weighted by Gasteiger charge is -2.44. The summed E-state index contributed by atoms with van der Waals surface area (Å²) in [6.45, 7) is 19.2. The Balaban J connectivity index is 3.50. The predicted octanol–water partition coefficient (Wildman–Crippen LogP) is 3.17. The molecule has 0 aromatic rings. The number of rotatable bonds is 5. The van der Waals surface area contributed by atoms with Crippen molar-refractivity contribution in [3.63, 3.8) is 0 Å². The zero-order valence-corrected chi connectivity index (χ0v) is 23.7. The molecule has 0 radical (unpaired) electrons. The second-order valence-corrected chi connectivity index (χ2v) is 13.3. The van der Waals surface area contributed by atoms with Crippen LogP contribution < -0.4 is 0 Å². The average molecular weight is 517 g/mol. The van der Waals surface area contributed by atoms with Gasteiger partial charge >= 0.3 is 23.9 Å². The molecule has 5 atom stereocenters. The molecule has 1 rings (SSSR count). The van der Waals surface area contributed by atoms with Gasteiger partial charge in [-0.25, -0.2) is 0 Å². The van der Waals surface area contributed by atoms with E-state index < -0.39 is 82.8 Å². The Morgan fingerprint density at radius 2 is 0.917 bits per heavy atom. The highest BCUT2D eigenvalue weighted by atomic mass is 16.7. The number of aliphatic hydroxyl groups is 1. The van der Waals surface area contributed by atoms with E-state index >= 15 is 0 Å². The van der Waals surface area contributed by atoms with Crippen LogP contribution >= 0.6 is 0 Å². The maximum absolute atomic E-state index is 12.9. The van der Waals surface area contributed by atoms with Crippen LogP contribution in [-0.2, 0) is 42.9 Å². The molecule has 1 fully saturated rings. The molecule has 10 nitrogen and oxygen atoms in total. The van der Waals surface area contributed by atoms with Gasteiger partial charge in [0, 0.05) is 0 Å². The van der Waals surface area contributed by atoms with Crippen molar-refractivity contribution in [2.75, 3.05) is 6.61 Å². The average Bonchev–Trinajstić information content (AvgIpc) is 2.67. The number of ether oxygens (including phenoxy) is 5. The quantitative estimate of drug-likeness (QED) is 0.429. The Kier molecular flexibility index (Phi) is 9.77. The monoisotopic (exact) mass is 516 g/mol. The highest BCUT2D eigenvalue weighted by molar-refractivity contribution is 5.78. The van der Waals surface area contributed by atoms with Gasteiger partial charge in [0.1, 0.15) is 12.7 Å². The Labute approximate surface area is 214 Å². The Morgan fingerprint density at radius 3 is 1.28 bits per heavy atom. The lowest BCUT2D eigenvalue weighted by atomic mass is 9.93. The molecule has 0 spiro atoms. The third-order valence-corrected chi connectivity index (χ3v) is 5.17. The van der Waals surface area contributed by atoms with Crippen molar-refractivity contribution >= 4 is 23.9 Å². The van der Waals surface area contributed by atoms with E-state index in [1.165, 1.54) is 0 Å². The molecule has 0 saturated carbocycles. The molecule has 0 amide bonds. The molecule has 1 heterocycles. The third-order valence-electron chi connectivity index (χ3n) is 5.17. The predicted molar refractivity (Wildman–Crippen MR) is 129 cm³/mol. The summed E-state index contributed by atoms with van der Waals surface area (Å²) in [6.07, 6.45) is -7.25. The van der Waals surface area contributed by atoms with Gasteiger partial charge in [0.2, 0.25) is 0 Å². The van der Waals surface area contributed by atoms with Gasteiger partial charge in [-0.3, -0.25) is 19.2 Å². The molecule has 1 aliphatic heterocycles. The molecule has 1 aliphatic rings. The van der Waals surface area contributed by atoms with Crippen molar-refractivity contribution in [3.05, 3.63) is 0 Å². The number of hydrogen-bond acceptors (Lipinski definition) is 10. The minimum absolute atomic E-state index is 0.404. The van der Waals surface area contributed by atoms with E-state index in [-0.39, 0.29) is 0 Å².